The van der Waals surface area contributed by atoms with Gasteiger partial charge in [-0.1, -0.05) is 0 Å². The summed E-state index contributed by atoms with van der Waals surface area (Å²) < 4.78 is 11.7. The Morgan fingerprint density at radius 1 is 1.19 bits per heavy atom. The number of carboxylic acids is 1. The first-order valence-electron chi connectivity index (χ1n) is 7.77. The summed E-state index contributed by atoms with van der Waals surface area (Å²) in [5, 5.41) is 11.9. The van der Waals surface area contributed by atoms with Crippen LogP contribution in [0.2, 0.25) is 0 Å². The van der Waals surface area contributed by atoms with Crippen LogP contribution < -0.4 is 20.3 Å². The van der Waals surface area contributed by atoms with Crippen LogP contribution >= 0.6 is 0 Å². The van der Waals surface area contributed by atoms with Crippen LogP contribution in [0.4, 0.5) is 0 Å². The second-order valence-corrected chi connectivity index (χ2v) is 5.60. The number of aliphatic carboxylic acids is 1. The zero-order valence-corrected chi connectivity index (χ0v) is 14.7. The average molecular weight is 360 g/mol. The molecule has 1 amide bonds. The maximum Gasteiger partial charge on any atom is 0.305 e. The first-order chi connectivity index (χ1) is 12.3. The monoisotopic (exact) mass is 360 g/mol. The van der Waals surface area contributed by atoms with Gasteiger partial charge in [-0.2, -0.15) is 0 Å². The Balaban J connectivity index is 2.35. The number of hydrogen-bond acceptors (Lipinski definition) is 5. The summed E-state index contributed by atoms with van der Waals surface area (Å²) in [5.74, 6) is -0.626. The fourth-order valence-corrected chi connectivity index (χ4v) is 2.49. The van der Waals surface area contributed by atoms with Crippen molar-refractivity contribution in [1.82, 2.24) is 9.88 Å². The van der Waals surface area contributed by atoms with Crippen LogP contribution in [0, 0.1) is 0 Å². The number of carbonyl (C=O) groups excluding carboxylic acids is 1. The molecule has 0 aliphatic rings. The van der Waals surface area contributed by atoms with Crippen LogP contribution in [-0.4, -0.2) is 35.8 Å². The van der Waals surface area contributed by atoms with E-state index >= 15 is 0 Å². The molecule has 8 heteroatoms. The Morgan fingerprint density at radius 2 is 1.92 bits per heavy atom. The highest BCUT2D eigenvalue weighted by atomic mass is 16.5. The zero-order chi connectivity index (χ0) is 19.3. The lowest BCUT2D eigenvalue weighted by atomic mass is 10.0. The third kappa shape index (κ3) is 4.41. The number of pyridine rings is 1. The summed E-state index contributed by atoms with van der Waals surface area (Å²) in [7, 11) is 4.48. The van der Waals surface area contributed by atoms with E-state index in [2.05, 4.69) is 5.32 Å². The van der Waals surface area contributed by atoms with Gasteiger partial charge in [0.1, 0.15) is 11.5 Å². The lowest BCUT2D eigenvalue weighted by Crippen LogP contribution is -2.31. The Labute approximate surface area is 150 Å². The van der Waals surface area contributed by atoms with Crippen LogP contribution in [0.15, 0.2) is 41.3 Å². The lowest BCUT2D eigenvalue weighted by Gasteiger charge is -2.20. The van der Waals surface area contributed by atoms with E-state index in [0.29, 0.717) is 17.1 Å². The molecule has 1 heterocycles. The van der Waals surface area contributed by atoms with Crippen molar-refractivity contribution in [3.63, 3.8) is 0 Å². The molecule has 0 aliphatic carbocycles. The fraction of sp³-hybridized carbons (Fsp3) is 0.278. The Morgan fingerprint density at radius 3 is 2.50 bits per heavy atom. The molecule has 0 spiro atoms. The van der Waals surface area contributed by atoms with Crippen molar-refractivity contribution >= 4 is 11.9 Å². The molecule has 1 atom stereocenters. The Kier molecular flexibility index (Phi) is 6.00. The van der Waals surface area contributed by atoms with E-state index in [1.807, 2.05) is 0 Å². The van der Waals surface area contributed by atoms with Crippen molar-refractivity contribution in [2.45, 2.75) is 12.5 Å². The lowest BCUT2D eigenvalue weighted by molar-refractivity contribution is -0.137. The standard InChI is InChI=1S/C18H20N2O6/c1-20-10-11(4-7-16(20)21)18(24)19-14(9-17(22)23)13-6-5-12(25-2)8-15(13)26-3/h4-8,10,14H,9H2,1-3H3,(H,19,24)(H,22,23). The number of nitrogens with one attached hydrogen (secondary N) is 1. The summed E-state index contributed by atoms with van der Waals surface area (Å²) in [6, 6.07) is 6.76. The summed E-state index contributed by atoms with van der Waals surface area (Å²) in [4.78, 5) is 35.2. The molecule has 1 aromatic carbocycles. The molecule has 26 heavy (non-hydrogen) atoms. The van der Waals surface area contributed by atoms with Crippen molar-refractivity contribution in [3.05, 3.63) is 58.0 Å². The molecule has 0 saturated heterocycles. The van der Waals surface area contributed by atoms with E-state index in [-0.39, 0.29) is 17.5 Å². The summed E-state index contributed by atoms with van der Waals surface area (Å²) in [5.41, 5.74) is 0.504. The topological polar surface area (TPSA) is 107 Å². The minimum absolute atomic E-state index is 0.245. The second kappa shape index (κ2) is 8.19. The predicted octanol–water partition coefficient (Wildman–Crippen LogP) is 1.35. The molecule has 0 bridgehead atoms. The quantitative estimate of drug-likeness (QED) is 0.772. The number of amides is 1. The third-order valence-electron chi connectivity index (χ3n) is 3.85. The molecule has 8 nitrogen and oxygen atoms in total. The summed E-state index contributed by atoms with van der Waals surface area (Å²) in [6.07, 6.45) is 1.06. The molecule has 0 saturated carbocycles. The van der Waals surface area contributed by atoms with Gasteiger partial charge < -0.3 is 24.5 Å². The van der Waals surface area contributed by atoms with Gasteiger partial charge in [-0.25, -0.2) is 0 Å². The van der Waals surface area contributed by atoms with E-state index in [0.717, 1.165) is 0 Å². The van der Waals surface area contributed by atoms with Gasteiger partial charge in [0.15, 0.2) is 0 Å². The predicted molar refractivity (Wildman–Crippen MR) is 93.7 cm³/mol. The molecule has 1 aromatic heterocycles. The number of nitrogens with zero attached hydrogens (tertiary/aromatic N) is 1. The number of rotatable bonds is 7. The average Bonchev–Trinajstić information content (AvgIpc) is 2.62. The molecule has 2 rings (SSSR count). The third-order valence-corrected chi connectivity index (χ3v) is 3.85. The van der Waals surface area contributed by atoms with Gasteiger partial charge in [0.2, 0.25) is 5.56 Å². The van der Waals surface area contributed by atoms with Gasteiger partial charge in [-0.15, -0.1) is 0 Å². The van der Waals surface area contributed by atoms with Crippen LogP contribution in [0.5, 0.6) is 11.5 Å². The minimum Gasteiger partial charge on any atom is -0.497 e. The molecule has 2 aromatic rings. The number of aryl methyl sites for hydroxylation is 1. The molecule has 1 unspecified atom stereocenters. The fourth-order valence-electron chi connectivity index (χ4n) is 2.49. The van der Waals surface area contributed by atoms with E-state index < -0.39 is 17.9 Å². The molecule has 0 fully saturated rings. The highest BCUT2D eigenvalue weighted by Gasteiger charge is 2.23. The van der Waals surface area contributed by atoms with Gasteiger partial charge in [0.25, 0.3) is 5.91 Å². The number of methoxy groups -OCH3 is 2. The van der Waals surface area contributed by atoms with Crippen LogP contribution in [0.1, 0.15) is 28.4 Å². The normalized spacial score (nSPS) is 11.5. The number of carboxylic acid groups (broad SMARTS) is 1. The van der Waals surface area contributed by atoms with E-state index in [4.69, 9.17) is 9.47 Å². The first kappa shape index (κ1) is 19.0. The van der Waals surface area contributed by atoms with Crippen molar-refractivity contribution < 1.29 is 24.2 Å². The Bertz CT molecular complexity index is 874. The molecule has 0 radical (unpaired) electrons. The zero-order valence-electron chi connectivity index (χ0n) is 14.7. The van der Waals surface area contributed by atoms with Crippen LogP contribution in [-0.2, 0) is 11.8 Å². The van der Waals surface area contributed by atoms with E-state index in [1.54, 1.807) is 18.2 Å². The van der Waals surface area contributed by atoms with E-state index in [1.165, 1.54) is 44.2 Å². The maximum atomic E-state index is 12.5. The number of hydrogen-bond donors (Lipinski definition) is 2. The van der Waals surface area contributed by atoms with Gasteiger partial charge in [-0.05, 0) is 18.2 Å². The van der Waals surface area contributed by atoms with Gasteiger partial charge >= 0.3 is 5.97 Å². The Hall–Kier alpha value is -3.29. The smallest absolute Gasteiger partial charge is 0.305 e. The van der Waals surface area contributed by atoms with Crippen LogP contribution in [0.25, 0.3) is 0 Å². The van der Waals surface area contributed by atoms with Crippen molar-refractivity contribution in [1.29, 1.82) is 0 Å². The molecular weight excluding hydrogens is 340 g/mol. The number of benzene rings is 1. The summed E-state index contributed by atoms with van der Waals surface area (Å²) in [6.45, 7) is 0. The molecule has 0 aliphatic heterocycles. The van der Waals surface area contributed by atoms with E-state index in [9.17, 15) is 19.5 Å². The SMILES string of the molecule is COc1ccc(C(CC(=O)O)NC(=O)c2ccc(=O)n(C)c2)c(OC)c1. The number of aromatic nitrogens is 1. The van der Waals surface area contributed by atoms with Crippen molar-refractivity contribution in [2.24, 2.45) is 7.05 Å². The van der Waals surface area contributed by atoms with Crippen LogP contribution in [0.3, 0.4) is 0 Å². The minimum atomic E-state index is -1.08. The molecular formula is C18H20N2O6. The first-order valence-corrected chi connectivity index (χ1v) is 7.77. The summed E-state index contributed by atoms with van der Waals surface area (Å²) >= 11 is 0. The maximum absolute atomic E-state index is 12.5. The van der Waals surface area contributed by atoms with Crippen molar-refractivity contribution in [2.75, 3.05) is 14.2 Å². The molecule has 2 N–H and O–H groups in total. The number of carbonyl (C=O) groups is 2. The van der Waals surface area contributed by atoms with Gasteiger partial charge in [-0.3, -0.25) is 14.4 Å². The highest BCUT2D eigenvalue weighted by molar-refractivity contribution is 5.94. The second-order valence-electron chi connectivity index (χ2n) is 5.60. The van der Waals surface area contributed by atoms with Gasteiger partial charge in [0, 0.05) is 30.9 Å². The number of ether oxygens (including phenoxy) is 2. The van der Waals surface area contributed by atoms with Crippen molar-refractivity contribution in [3.8, 4) is 11.5 Å². The largest absolute Gasteiger partial charge is 0.497 e. The van der Waals surface area contributed by atoms with Gasteiger partial charge in [0.05, 0.1) is 32.2 Å². The molecule has 138 valence electrons. The highest BCUT2D eigenvalue weighted by Crippen LogP contribution is 2.31.